The predicted octanol–water partition coefficient (Wildman–Crippen LogP) is 2.35. The Labute approximate surface area is 104 Å². The van der Waals surface area contributed by atoms with E-state index in [9.17, 15) is 13.6 Å². The summed E-state index contributed by atoms with van der Waals surface area (Å²) in [5.74, 6) is -2.98. The second-order valence-corrected chi connectivity index (χ2v) is 4.58. The van der Waals surface area contributed by atoms with Gasteiger partial charge in [0.25, 0.3) is 0 Å². The largest absolute Gasteiger partial charge is 0.478 e. The molecule has 0 saturated carbocycles. The third kappa shape index (κ3) is 2.85. The van der Waals surface area contributed by atoms with Crippen LogP contribution < -0.4 is 5.32 Å². The van der Waals surface area contributed by atoms with Crippen LogP contribution in [-0.4, -0.2) is 23.7 Å². The number of nitrogens with one attached hydrogen (secondary N) is 1. The number of carboxylic acid groups (broad SMARTS) is 1. The lowest BCUT2D eigenvalue weighted by Gasteiger charge is -2.23. The first-order valence-corrected chi connectivity index (χ1v) is 6.02. The number of halogens is 2. The predicted molar refractivity (Wildman–Crippen MR) is 62.7 cm³/mol. The molecule has 1 heterocycles. The van der Waals surface area contributed by atoms with Gasteiger partial charge in [0.1, 0.15) is 11.6 Å². The summed E-state index contributed by atoms with van der Waals surface area (Å²) in [5, 5.41) is 11.9. The van der Waals surface area contributed by atoms with Crippen molar-refractivity contribution in [3.63, 3.8) is 0 Å². The summed E-state index contributed by atoms with van der Waals surface area (Å²) in [6.45, 7) is 0.891. The maximum atomic E-state index is 13.7. The Hall–Kier alpha value is -1.49. The molecule has 0 aromatic heterocycles. The number of carboxylic acids is 1. The molecule has 0 spiro atoms. The number of hydrogen-bond donors (Lipinski definition) is 2. The molecule has 5 heteroatoms. The zero-order chi connectivity index (χ0) is 13.1. The van der Waals surface area contributed by atoms with Crippen LogP contribution in [0.15, 0.2) is 12.1 Å². The SMILES string of the molecule is O=C(O)c1cc(F)c(CC2CCCCN2)cc1F. The van der Waals surface area contributed by atoms with E-state index in [0.717, 1.165) is 37.9 Å². The Morgan fingerprint density at radius 1 is 1.33 bits per heavy atom. The van der Waals surface area contributed by atoms with E-state index in [1.807, 2.05) is 0 Å². The van der Waals surface area contributed by atoms with Gasteiger partial charge in [-0.1, -0.05) is 6.42 Å². The first kappa shape index (κ1) is 13.0. The van der Waals surface area contributed by atoms with Gasteiger partial charge in [-0.2, -0.15) is 0 Å². The molecule has 1 aromatic rings. The lowest BCUT2D eigenvalue weighted by molar-refractivity contribution is 0.0691. The van der Waals surface area contributed by atoms with Crippen LogP contribution in [0, 0.1) is 11.6 Å². The normalized spacial score (nSPS) is 19.8. The van der Waals surface area contributed by atoms with Gasteiger partial charge in [-0.05, 0) is 43.5 Å². The Balaban J connectivity index is 2.18. The molecule has 1 atom stereocenters. The van der Waals surface area contributed by atoms with Gasteiger partial charge in [-0.25, -0.2) is 13.6 Å². The van der Waals surface area contributed by atoms with Gasteiger partial charge in [0, 0.05) is 6.04 Å². The average molecular weight is 255 g/mol. The summed E-state index contributed by atoms with van der Waals surface area (Å²) >= 11 is 0. The van der Waals surface area contributed by atoms with Crippen molar-refractivity contribution >= 4 is 5.97 Å². The maximum absolute atomic E-state index is 13.7. The highest BCUT2D eigenvalue weighted by Crippen LogP contribution is 2.19. The molecule has 0 radical (unpaired) electrons. The summed E-state index contributed by atoms with van der Waals surface area (Å²) in [5.41, 5.74) is -0.384. The van der Waals surface area contributed by atoms with Crippen molar-refractivity contribution in [2.45, 2.75) is 31.7 Å². The van der Waals surface area contributed by atoms with E-state index in [4.69, 9.17) is 5.11 Å². The van der Waals surface area contributed by atoms with Crippen molar-refractivity contribution in [1.82, 2.24) is 5.32 Å². The van der Waals surface area contributed by atoms with Crippen molar-refractivity contribution in [2.75, 3.05) is 6.54 Å². The summed E-state index contributed by atoms with van der Waals surface area (Å²) in [6.07, 6.45) is 3.50. The molecular formula is C13H15F2NO2. The van der Waals surface area contributed by atoms with Gasteiger partial charge in [-0.15, -0.1) is 0 Å². The van der Waals surface area contributed by atoms with Crippen LogP contribution in [0.2, 0.25) is 0 Å². The molecule has 3 nitrogen and oxygen atoms in total. The third-order valence-electron chi connectivity index (χ3n) is 3.25. The van der Waals surface area contributed by atoms with E-state index < -0.39 is 23.2 Å². The van der Waals surface area contributed by atoms with Crippen molar-refractivity contribution in [2.24, 2.45) is 0 Å². The molecule has 2 rings (SSSR count). The van der Waals surface area contributed by atoms with Crippen LogP contribution >= 0.6 is 0 Å². The second kappa shape index (κ2) is 5.44. The number of rotatable bonds is 3. The molecule has 0 amide bonds. The smallest absolute Gasteiger partial charge is 0.338 e. The fraction of sp³-hybridized carbons (Fsp3) is 0.462. The highest BCUT2D eigenvalue weighted by atomic mass is 19.1. The molecule has 1 unspecified atom stereocenters. The first-order chi connectivity index (χ1) is 8.58. The highest BCUT2D eigenvalue weighted by Gasteiger charge is 2.19. The van der Waals surface area contributed by atoms with Gasteiger partial charge < -0.3 is 10.4 Å². The Kier molecular flexibility index (Phi) is 3.91. The van der Waals surface area contributed by atoms with E-state index in [-0.39, 0.29) is 11.6 Å². The number of hydrogen-bond acceptors (Lipinski definition) is 2. The Morgan fingerprint density at radius 3 is 2.72 bits per heavy atom. The molecule has 18 heavy (non-hydrogen) atoms. The number of carbonyl (C=O) groups is 1. The third-order valence-corrected chi connectivity index (χ3v) is 3.25. The van der Waals surface area contributed by atoms with Crippen molar-refractivity contribution in [1.29, 1.82) is 0 Å². The minimum Gasteiger partial charge on any atom is -0.478 e. The quantitative estimate of drug-likeness (QED) is 0.871. The van der Waals surface area contributed by atoms with E-state index >= 15 is 0 Å². The fourth-order valence-electron chi connectivity index (χ4n) is 2.27. The van der Waals surface area contributed by atoms with Gasteiger partial charge in [0.2, 0.25) is 0 Å². The molecule has 0 bridgehead atoms. The topological polar surface area (TPSA) is 49.3 Å². The van der Waals surface area contributed by atoms with Crippen LogP contribution in [0.4, 0.5) is 8.78 Å². The minimum absolute atomic E-state index is 0.142. The van der Waals surface area contributed by atoms with Crippen molar-refractivity contribution in [3.05, 3.63) is 34.9 Å². The van der Waals surface area contributed by atoms with Gasteiger partial charge >= 0.3 is 5.97 Å². The Morgan fingerprint density at radius 2 is 2.11 bits per heavy atom. The number of piperidine rings is 1. The van der Waals surface area contributed by atoms with E-state index in [1.165, 1.54) is 0 Å². The van der Waals surface area contributed by atoms with Crippen molar-refractivity contribution < 1.29 is 18.7 Å². The maximum Gasteiger partial charge on any atom is 0.338 e. The first-order valence-electron chi connectivity index (χ1n) is 6.02. The van der Waals surface area contributed by atoms with Gasteiger partial charge in [-0.3, -0.25) is 0 Å². The second-order valence-electron chi connectivity index (χ2n) is 4.58. The summed E-state index contributed by atoms with van der Waals surface area (Å²) in [6, 6.07) is 1.90. The van der Waals surface area contributed by atoms with E-state index in [1.54, 1.807) is 0 Å². The van der Waals surface area contributed by atoms with Crippen LogP contribution in [-0.2, 0) is 6.42 Å². The zero-order valence-electron chi connectivity index (χ0n) is 9.88. The van der Waals surface area contributed by atoms with Gasteiger partial charge in [0.15, 0.2) is 0 Å². The summed E-state index contributed by atoms with van der Waals surface area (Å²) < 4.78 is 27.2. The van der Waals surface area contributed by atoms with E-state index in [0.29, 0.717) is 6.42 Å². The summed E-state index contributed by atoms with van der Waals surface area (Å²) in [7, 11) is 0. The Bertz CT molecular complexity index is 457. The molecule has 1 fully saturated rings. The highest BCUT2D eigenvalue weighted by molar-refractivity contribution is 5.88. The van der Waals surface area contributed by atoms with Crippen LogP contribution in [0.3, 0.4) is 0 Å². The molecule has 1 aliphatic rings. The lowest BCUT2D eigenvalue weighted by atomic mass is 9.96. The van der Waals surface area contributed by atoms with Crippen molar-refractivity contribution in [3.8, 4) is 0 Å². The lowest BCUT2D eigenvalue weighted by Crippen LogP contribution is -2.35. The zero-order valence-corrected chi connectivity index (χ0v) is 9.88. The molecule has 98 valence electrons. The number of aromatic carboxylic acids is 1. The van der Waals surface area contributed by atoms with E-state index in [2.05, 4.69) is 5.32 Å². The van der Waals surface area contributed by atoms with Gasteiger partial charge in [0.05, 0.1) is 5.56 Å². The van der Waals surface area contributed by atoms with Crippen LogP contribution in [0.5, 0.6) is 0 Å². The standard InChI is InChI=1S/C13H15F2NO2/c14-11-7-10(13(17)18)12(15)6-8(11)5-9-3-1-2-4-16-9/h6-7,9,16H,1-5H2,(H,17,18). The summed E-state index contributed by atoms with van der Waals surface area (Å²) in [4.78, 5) is 10.7. The molecular weight excluding hydrogens is 240 g/mol. The molecule has 1 saturated heterocycles. The minimum atomic E-state index is -1.45. The molecule has 0 aliphatic carbocycles. The fourth-order valence-corrected chi connectivity index (χ4v) is 2.27. The molecule has 2 N–H and O–H groups in total. The molecule has 1 aliphatic heterocycles. The number of benzene rings is 1. The van der Waals surface area contributed by atoms with Crippen LogP contribution in [0.25, 0.3) is 0 Å². The van der Waals surface area contributed by atoms with Crippen LogP contribution in [0.1, 0.15) is 35.2 Å². The average Bonchev–Trinajstić information content (AvgIpc) is 2.34. The monoisotopic (exact) mass is 255 g/mol. The molecule has 1 aromatic carbocycles.